The van der Waals surface area contributed by atoms with Crippen molar-refractivity contribution >= 4 is 16.6 Å². The van der Waals surface area contributed by atoms with Gasteiger partial charge >= 0.3 is 0 Å². The van der Waals surface area contributed by atoms with Gasteiger partial charge in [0.05, 0.1) is 6.61 Å². The van der Waals surface area contributed by atoms with E-state index in [-0.39, 0.29) is 11.6 Å². The van der Waals surface area contributed by atoms with Gasteiger partial charge in [-0.3, -0.25) is 4.79 Å². The summed E-state index contributed by atoms with van der Waals surface area (Å²) in [6.45, 7) is 0.542. The van der Waals surface area contributed by atoms with Crippen molar-refractivity contribution in [2.75, 3.05) is 6.61 Å². The lowest BCUT2D eigenvalue weighted by atomic mass is 10.00. The second-order valence-electron chi connectivity index (χ2n) is 4.18. The molecule has 2 aromatic carbocycles. The van der Waals surface area contributed by atoms with E-state index >= 15 is 0 Å². The zero-order chi connectivity index (χ0) is 12.5. The molecule has 0 radical (unpaired) electrons. The van der Waals surface area contributed by atoms with Crippen LogP contribution in [0, 0.1) is 5.82 Å². The van der Waals surface area contributed by atoms with E-state index in [0.717, 1.165) is 6.42 Å². The van der Waals surface area contributed by atoms with Crippen LogP contribution in [-0.2, 0) is 4.74 Å². The largest absolute Gasteiger partial charge is 0.489 e. The molecule has 2 aromatic rings. The highest BCUT2D eigenvalue weighted by atomic mass is 19.1. The minimum absolute atomic E-state index is 0.177. The molecule has 0 amide bonds. The average molecular weight is 242 g/mol. The molecule has 0 atom stereocenters. The van der Waals surface area contributed by atoms with Gasteiger partial charge in [0.2, 0.25) is 5.78 Å². The molecule has 1 aliphatic rings. The molecular weight excluding hydrogens is 231 g/mol. The molecule has 0 aliphatic carbocycles. The van der Waals surface area contributed by atoms with Crippen LogP contribution in [0.25, 0.3) is 10.8 Å². The fraction of sp³-hybridized carbons (Fsp3) is 0.133. The second kappa shape index (κ2) is 4.26. The van der Waals surface area contributed by atoms with Crippen molar-refractivity contribution in [1.29, 1.82) is 0 Å². The number of halogens is 1. The quantitative estimate of drug-likeness (QED) is 0.754. The Bertz CT molecular complexity index is 659. The van der Waals surface area contributed by atoms with E-state index < -0.39 is 0 Å². The summed E-state index contributed by atoms with van der Waals surface area (Å²) in [4.78, 5) is 12.3. The van der Waals surface area contributed by atoms with E-state index in [1.54, 1.807) is 30.3 Å². The first-order valence-corrected chi connectivity index (χ1v) is 5.82. The molecule has 1 heterocycles. The summed E-state index contributed by atoms with van der Waals surface area (Å²) in [5.41, 5.74) is 0.486. The highest BCUT2D eigenvalue weighted by Crippen LogP contribution is 2.25. The molecule has 0 fully saturated rings. The Labute approximate surface area is 104 Å². The third-order valence-corrected chi connectivity index (χ3v) is 3.04. The Morgan fingerprint density at radius 3 is 2.61 bits per heavy atom. The Morgan fingerprint density at radius 2 is 1.89 bits per heavy atom. The van der Waals surface area contributed by atoms with Crippen LogP contribution in [0.4, 0.5) is 4.39 Å². The summed E-state index contributed by atoms with van der Waals surface area (Å²) < 4.78 is 18.9. The van der Waals surface area contributed by atoms with Gasteiger partial charge in [0, 0.05) is 17.4 Å². The van der Waals surface area contributed by atoms with Crippen LogP contribution in [0.2, 0.25) is 0 Å². The number of ether oxygens (including phenoxy) is 1. The minimum atomic E-state index is -0.316. The van der Waals surface area contributed by atoms with Crippen LogP contribution in [0.3, 0.4) is 0 Å². The zero-order valence-corrected chi connectivity index (χ0v) is 9.65. The number of allylic oxidation sites excluding steroid dienone is 1. The maximum absolute atomic E-state index is 13.6. The van der Waals surface area contributed by atoms with E-state index in [9.17, 15) is 9.18 Å². The third-order valence-electron chi connectivity index (χ3n) is 3.04. The maximum atomic E-state index is 13.6. The van der Waals surface area contributed by atoms with Gasteiger partial charge in [-0.05, 0) is 23.6 Å². The Kier molecular flexibility index (Phi) is 2.59. The number of carbonyl (C=O) groups is 1. The van der Waals surface area contributed by atoms with Gasteiger partial charge < -0.3 is 4.74 Å². The van der Waals surface area contributed by atoms with Crippen molar-refractivity contribution in [2.45, 2.75) is 6.42 Å². The summed E-state index contributed by atoms with van der Waals surface area (Å²) in [6.07, 6.45) is 2.53. The Hall–Kier alpha value is -2.16. The van der Waals surface area contributed by atoms with E-state index in [2.05, 4.69) is 0 Å². The normalized spacial score (nSPS) is 14.4. The summed E-state index contributed by atoms with van der Waals surface area (Å²) in [5.74, 6) is -0.126. The molecule has 0 N–H and O–H groups in total. The van der Waals surface area contributed by atoms with Gasteiger partial charge in [0.25, 0.3) is 0 Å². The monoisotopic (exact) mass is 242 g/mol. The lowest BCUT2D eigenvalue weighted by Gasteiger charge is -2.07. The first-order chi connectivity index (χ1) is 8.77. The van der Waals surface area contributed by atoms with Crippen LogP contribution >= 0.6 is 0 Å². The first kappa shape index (κ1) is 11.0. The van der Waals surface area contributed by atoms with Crippen LogP contribution in [0.15, 0.2) is 48.2 Å². The molecule has 1 aliphatic heterocycles. The predicted molar refractivity (Wildman–Crippen MR) is 66.9 cm³/mol. The van der Waals surface area contributed by atoms with Crippen molar-refractivity contribution in [3.63, 3.8) is 0 Å². The highest BCUT2D eigenvalue weighted by Gasteiger charge is 2.19. The lowest BCUT2D eigenvalue weighted by Crippen LogP contribution is -2.05. The lowest BCUT2D eigenvalue weighted by molar-refractivity contribution is 0.0944. The van der Waals surface area contributed by atoms with E-state index in [1.165, 1.54) is 12.1 Å². The summed E-state index contributed by atoms with van der Waals surface area (Å²) in [5, 5.41) is 1.08. The number of carbonyl (C=O) groups excluding carboxylic acids is 1. The zero-order valence-electron chi connectivity index (χ0n) is 9.65. The van der Waals surface area contributed by atoms with Crippen molar-refractivity contribution in [3.8, 4) is 0 Å². The number of Topliss-reactive ketones (excluding diaryl/α,β-unsaturated/α-hetero) is 1. The van der Waals surface area contributed by atoms with Crippen LogP contribution < -0.4 is 0 Å². The molecule has 0 saturated heterocycles. The van der Waals surface area contributed by atoms with Gasteiger partial charge in [-0.1, -0.05) is 24.3 Å². The average Bonchev–Trinajstić information content (AvgIpc) is 2.93. The molecule has 3 rings (SSSR count). The molecule has 0 bridgehead atoms. The molecule has 2 nitrogen and oxygen atoms in total. The Balaban J connectivity index is 2.18. The summed E-state index contributed by atoms with van der Waals surface area (Å²) >= 11 is 0. The second-order valence-corrected chi connectivity index (χ2v) is 4.18. The van der Waals surface area contributed by atoms with Crippen LogP contribution in [-0.4, -0.2) is 12.4 Å². The molecular formula is C15H11FO2. The SMILES string of the molecule is O=C(C1=CCCO1)c1ccc(F)c2ccccc12. The van der Waals surface area contributed by atoms with Crippen LogP contribution in [0.1, 0.15) is 16.8 Å². The fourth-order valence-electron chi connectivity index (χ4n) is 2.17. The first-order valence-electron chi connectivity index (χ1n) is 5.82. The van der Waals surface area contributed by atoms with E-state index in [4.69, 9.17) is 4.74 Å². The number of ketones is 1. The van der Waals surface area contributed by atoms with Gasteiger partial charge in [-0.2, -0.15) is 0 Å². The van der Waals surface area contributed by atoms with Crippen molar-refractivity contribution < 1.29 is 13.9 Å². The van der Waals surface area contributed by atoms with Crippen molar-refractivity contribution in [1.82, 2.24) is 0 Å². The number of rotatable bonds is 2. The highest BCUT2D eigenvalue weighted by molar-refractivity contribution is 6.15. The molecule has 0 spiro atoms. The molecule has 18 heavy (non-hydrogen) atoms. The van der Waals surface area contributed by atoms with Gasteiger partial charge in [-0.25, -0.2) is 4.39 Å². The Morgan fingerprint density at radius 1 is 1.11 bits per heavy atom. The van der Waals surface area contributed by atoms with E-state index in [1.807, 2.05) is 0 Å². The number of hydrogen-bond acceptors (Lipinski definition) is 2. The van der Waals surface area contributed by atoms with Gasteiger partial charge in [0.1, 0.15) is 5.82 Å². The van der Waals surface area contributed by atoms with Crippen molar-refractivity contribution in [3.05, 3.63) is 59.6 Å². The van der Waals surface area contributed by atoms with Gasteiger partial charge in [0.15, 0.2) is 5.76 Å². The topological polar surface area (TPSA) is 26.3 Å². The number of fused-ring (bicyclic) bond motifs is 1. The molecule has 0 unspecified atom stereocenters. The summed E-state index contributed by atoms with van der Waals surface area (Å²) in [6, 6.07) is 9.81. The standard InChI is InChI=1S/C15H11FO2/c16-13-8-7-12(10-4-1-2-5-11(10)13)15(17)14-6-3-9-18-14/h1-2,4-8H,3,9H2. The molecule has 3 heteroatoms. The number of benzene rings is 2. The molecule has 90 valence electrons. The summed E-state index contributed by atoms with van der Waals surface area (Å²) in [7, 11) is 0. The third kappa shape index (κ3) is 1.68. The molecule has 0 saturated carbocycles. The van der Waals surface area contributed by atoms with Gasteiger partial charge in [-0.15, -0.1) is 0 Å². The smallest absolute Gasteiger partial charge is 0.227 e. The maximum Gasteiger partial charge on any atom is 0.227 e. The number of hydrogen-bond donors (Lipinski definition) is 0. The molecule has 0 aromatic heterocycles. The van der Waals surface area contributed by atoms with Crippen LogP contribution in [0.5, 0.6) is 0 Å². The predicted octanol–water partition coefficient (Wildman–Crippen LogP) is 3.47. The van der Waals surface area contributed by atoms with Crippen molar-refractivity contribution in [2.24, 2.45) is 0 Å². The minimum Gasteiger partial charge on any atom is -0.489 e. The fourth-order valence-corrected chi connectivity index (χ4v) is 2.17. The van der Waals surface area contributed by atoms with E-state index in [0.29, 0.717) is 28.7 Å².